The van der Waals surface area contributed by atoms with Crippen molar-refractivity contribution in [1.82, 2.24) is 4.90 Å². The standard InChI is InChI=1S/C10H10N2O/c1-2-4-9-8(3-1)7-12-5-6-13-10(12)11-9/h1-4H,5-7H2. The highest BCUT2D eigenvalue weighted by molar-refractivity contribution is 5.81. The Morgan fingerprint density at radius 2 is 2.23 bits per heavy atom. The van der Waals surface area contributed by atoms with Crippen LogP contribution >= 0.6 is 0 Å². The highest BCUT2D eigenvalue weighted by Crippen LogP contribution is 2.27. The first-order valence-corrected chi connectivity index (χ1v) is 4.48. The van der Waals surface area contributed by atoms with Crippen molar-refractivity contribution in [1.29, 1.82) is 0 Å². The fourth-order valence-electron chi connectivity index (χ4n) is 1.75. The molecule has 2 aliphatic heterocycles. The molecule has 1 aromatic rings. The summed E-state index contributed by atoms with van der Waals surface area (Å²) in [6, 6.07) is 9.00. The monoisotopic (exact) mass is 174 g/mol. The van der Waals surface area contributed by atoms with Crippen LogP contribution in [-0.2, 0) is 11.3 Å². The van der Waals surface area contributed by atoms with Crippen LogP contribution in [0.5, 0.6) is 0 Å². The van der Waals surface area contributed by atoms with Crippen molar-refractivity contribution < 1.29 is 4.74 Å². The first-order valence-electron chi connectivity index (χ1n) is 4.48. The fraction of sp³-hybridized carbons (Fsp3) is 0.300. The van der Waals surface area contributed by atoms with Crippen molar-refractivity contribution >= 4 is 11.7 Å². The van der Waals surface area contributed by atoms with E-state index in [1.807, 2.05) is 12.1 Å². The predicted octanol–water partition coefficient (Wildman–Crippen LogP) is 1.52. The van der Waals surface area contributed by atoms with Crippen LogP contribution in [-0.4, -0.2) is 24.1 Å². The summed E-state index contributed by atoms with van der Waals surface area (Å²) in [5.41, 5.74) is 2.34. The van der Waals surface area contributed by atoms with E-state index in [4.69, 9.17) is 4.74 Å². The molecule has 0 radical (unpaired) electrons. The third kappa shape index (κ3) is 1.00. The van der Waals surface area contributed by atoms with E-state index in [0.717, 1.165) is 31.4 Å². The molecule has 0 atom stereocenters. The van der Waals surface area contributed by atoms with Crippen LogP contribution in [0.1, 0.15) is 5.56 Å². The molecule has 0 N–H and O–H groups in total. The van der Waals surface area contributed by atoms with Crippen molar-refractivity contribution in [2.75, 3.05) is 13.2 Å². The first-order chi connectivity index (χ1) is 6.43. The lowest BCUT2D eigenvalue weighted by atomic mass is 10.1. The summed E-state index contributed by atoms with van der Waals surface area (Å²) in [5.74, 6) is 0. The molecule has 0 aromatic heterocycles. The Morgan fingerprint density at radius 1 is 1.31 bits per heavy atom. The number of rotatable bonds is 0. The molecule has 3 rings (SSSR count). The number of fused-ring (bicyclic) bond motifs is 2. The maximum Gasteiger partial charge on any atom is 0.293 e. The Morgan fingerprint density at radius 3 is 3.23 bits per heavy atom. The molecule has 0 aliphatic carbocycles. The van der Waals surface area contributed by atoms with Crippen molar-refractivity contribution in [3.63, 3.8) is 0 Å². The van der Waals surface area contributed by atoms with Gasteiger partial charge in [-0.2, -0.15) is 4.99 Å². The molecular formula is C10H10N2O. The number of para-hydroxylation sites is 1. The number of nitrogens with zero attached hydrogens (tertiary/aromatic N) is 2. The van der Waals surface area contributed by atoms with Gasteiger partial charge < -0.3 is 9.64 Å². The van der Waals surface area contributed by atoms with Gasteiger partial charge in [0.25, 0.3) is 6.02 Å². The van der Waals surface area contributed by atoms with E-state index in [1.54, 1.807) is 0 Å². The molecule has 3 heteroatoms. The minimum absolute atomic E-state index is 0.771. The summed E-state index contributed by atoms with van der Waals surface area (Å²) in [5, 5.41) is 0. The maximum absolute atomic E-state index is 5.39. The SMILES string of the molecule is c1ccc2c(c1)CN1CCOC1=N2. The van der Waals surface area contributed by atoms with Gasteiger partial charge in [0, 0.05) is 6.54 Å². The summed E-state index contributed by atoms with van der Waals surface area (Å²) in [4.78, 5) is 6.60. The zero-order valence-electron chi connectivity index (χ0n) is 7.23. The van der Waals surface area contributed by atoms with Gasteiger partial charge in [0.1, 0.15) is 6.61 Å². The van der Waals surface area contributed by atoms with Gasteiger partial charge in [0.15, 0.2) is 0 Å². The summed E-state index contributed by atoms with van der Waals surface area (Å²) in [7, 11) is 0. The summed E-state index contributed by atoms with van der Waals surface area (Å²) in [6.45, 7) is 2.68. The van der Waals surface area contributed by atoms with E-state index in [2.05, 4.69) is 22.0 Å². The highest BCUT2D eigenvalue weighted by atomic mass is 16.5. The summed E-state index contributed by atoms with van der Waals surface area (Å²) in [6.07, 6.45) is 0. The Hall–Kier alpha value is -1.51. The van der Waals surface area contributed by atoms with Gasteiger partial charge in [-0.15, -0.1) is 0 Å². The number of aliphatic imine (C=N–C) groups is 1. The third-order valence-corrected chi connectivity index (χ3v) is 2.43. The maximum atomic E-state index is 5.39. The van der Waals surface area contributed by atoms with E-state index in [-0.39, 0.29) is 0 Å². The lowest BCUT2D eigenvalue weighted by molar-refractivity contribution is 0.350. The molecule has 1 saturated heterocycles. The molecule has 0 bridgehead atoms. The molecular weight excluding hydrogens is 164 g/mol. The molecule has 13 heavy (non-hydrogen) atoms. The van der Waals surface area contributed by atoms with Crippen LogP contribution in [0.15, 0.2) is 29.3 Å². The molecule has 0 amide bonds. The van der Waals surface area contributed by atoms with Crippen molar-refractivity contribution in [2.45, 2.75) is 6.54 Å². The van der Waals surface area contributed by atoms with Gasteiger partial charge in [-0.25, -0.2) is 0 Å². The third-order valence-electron chi connectivity index (χ3n) is 2.43. The van der Waals surface area contributed by atoms with E-state index in [0.29, 0.717) is 0 Å². The topological polar surface area (TPSA) is 24.8 Å². The molecule has 66 valence electrons. The predicted molar refractivity (Wildman–Crippen MR) is 49.9 cm³/mol. The van der Waals surface area contributed by atoms with Gasteiger partial charge in [0.05, 0.1) is 12.2 Å². The smallest absolute Gasteiger partial charge is 0.293 e. The quantitative estimate of drug-likeness (QED) is 0.595. The highest BCUT2D eigenvalue weighted by Gasteiger charge is 2.24. The lowest BCUT2D eigenvalue weighted by Gasteiger charge is -2.21. The lowest BCUT2D eigenvalue weighted by Crippen LogP contribution is -2.27. The van der Waals surface area contributed by atoms with E-state index >= 15 is 0 Å². The molecule has 0 saturated carbocycles. The van der Waals surface area contributed by atoms with Gasteiger partial charge in [-0.1, -0.05) is 18.2 Å². The second kappa shape index (κ2) is 2.49. The number of hydrogen-bond acceptors (Lipinski definition) is 3. The molecule has 0 spiro atoms. The minimum atomic E-state index is 0.771. The van der Waals surface area contributed by atoms with Gasteiger partial charge in [0.2, 0.25) is 0 Å². The molecule has 2 aliphatic rings. The van der Waals surface area contributed by atoms with Crippen molar-refractivity contribution in [2.24, 2.45) is 4.99 Å². The molecule has 3 nitrogen and oxygen atoms in total. The van der Waals surface area contributed by atoms with Gasteiger partial charge in [-0.05, 0) is 11.6 Å². The van der Waals surface area contributed by atoms with E-state index in [1.165, 1.54) is 5.56 Å². The van der Waals surface area contributed by atoms with Crippen LogP contribution in [0.25, 0.3) is 0 Å². The molecule has 1 aromatic carbocycles. The number of hydrogen-bond donors (Lipinski definition) is 0. The number of benzene rings is 1. The van der Waals surface area contributed by atoms with E-state index in [9.17, 15) is 0 Å². The van der Waals surface area contributed by atoms with Gasteiger partial charge in [-0.3, -0.25) is 0 Å². The molecule has 1 fully saturated rings. The van der Waals surface area contributed by atoms with Crippen molar-refractivity contribution in [3.05, 3.63) is 29.8 Å². The Kier molecular flexibility index (Phi) is 1.33. The normalized spacial score (nSPS) is 18.8. The van der Waals surface area contributed by atoms with Crippen LogP contribution in [0.4, 0.5) is 5.69 Å². The summed E-state index contributed by atoms with van der Waals surface area (Å²) < 4.78 is 5.39. The van der Waals surface area contributed by atoms with Crippen LogP contribution in [0, 0.1) is 0 Å². The second-order valence-corrected chi connectivity index (χ2v) is 3.29. The second-order valence-electron chi connectivity index (χ2n) is 3.29. The number of ether oxygens (including phenoxy) is 1. The summed E-state index contributed by atoms with van der Waals surface area (Å²) >= 11 is 0. The average Bonchev–Trinajstić information content (AvgIpc) is 2.61. The van der Waals surface area contributed by atoms with Gasteiger partial charge >= 0.3 is 0 Å². The van der Waals surface area contributed by atoms with Crippen LogP contribution < -0.4 is 0 Å². The van der Waals surface area contributed by atoms with Crippen molar-refractivity contribution in [3.8, 4) is 0 Å². The number of amidine groups is 1. The zero-order valence-corrected chi connectivity index (χ0v) is 7.23. The largest absolute Gasteiger partial charge is 0.463 e. The Bertz CT molecular complexity index is 373. The van der Waals surface area contributed by atoms with Crippen LogP contribution in [0.3, 0.4) is 0 Å². The Balaban J connectivity index is 2.10. The van der Waals surface area contributed by atoms with E-state index < -0.39 is 0 Å². The fourth-order valence-corrected chi connectivity index (χ4v) is 1.75. The minimum Gasteiger partial charge on any atom is -0.463 e. The Labute approximate surface area is 76.6 Å². The average molecular weight is 174 g/mol. The first kappa shape index (κ1) is 6.95. The molecule has 0 unspecified atom stereocenters. The van der Waals surface area contributed by atoms with Crippen LogP contribution in [0.2, 0.25) is 0 Å². The molecule has 2 heterocycles. The zero-order chi connectivity index (χ0) is 8.67.